The monoisotopic (exact) mass is 408 g/mol. The van der Waals surface area contributed by atoms with Gasteiger partial charge in [-0.15, -0.1) is 0 Å². The fourth-order valence-corrected chi connectivity index (χ4v) is 3.62. The number of carbonyl (C=O) groups excluding carboxylic acids is 1. The maximum atomic E-state index is 13.1. The molecule has 0 spiro atoms. The zero-order valence-electron chi connectivity index (χ0n) is 17.3. The van der Waals surface area contributed by atoms with Crippen molar-refractivity contribution < 1.29 is 14.3 Å². The van der Waals surface area contributed by atoms with E-state index in [2.05, 4.69) is 20.3 Å². The first-order valence-corrected chi connectivity index (χ1v) is 10.2. The predicted molar refractivity (Wildman–Crippen MR) is 114 cm³/mol. The van der Waals surface area contributed by atoms with Gasteiger partial charge in [-0.25, -0.2) is 9.37 Å². The Morgan fingerprint density at radius 3 is 2.67 bits per heavy atom. The molecule has 0 unspecified atom stereocenters. The maximum absolute atomic E-state index is 13.1. The van der Waals surface area contributed by atoms with E-state index in [1.807, 2.05) is 32.9 Å². The van der Waals surface area contributed by atoms with Gasteiger partial charge in [0.15, 0.2) is 0 Å². The first kappa shape index (κ1) is 20.3. The van der Waals surface area contributed by atoms with Crippen LogP contribution in [0.2, 0.25) is 0 Å². The summed E-state index contributed by atoms with van der Waals surface area (Å²) in [6.07, 6.45) is 3.69. The summed E-state index contributed by atoms with van der Waals surface area (Å²) in [4.78, 5) is 25.4. The minimum Gasteiger partial charge on any atom is -0.387 e. The number of hydrogen-bond acceptors (Lipinski definition) is 5. The Morgan fingerprint density at radius 2 is 2.00 bits per heavy atom. The number of nitrogens with zero attached hydrogens (tertiary/aromatic N) is 3. The predicted octanol–water partition coefficient (Wildman–Crippen LogP) is 4.44. The summed E-state index contributed by atoms with van der Waals surface area (Å²) in [6, 6.07) is 5.63. The molecule has 1 saturated carbocycles. The van der Waals surface area contributed by atoms with E-state index in [4.69, 9.17) is 0 Å². The van der Waals surface area contributed by atoms with Gasteiger partial charge in [0.05, 0.1) is 23.2 Å². The zero-order valence-corrected chi connectivity index (χ0v) is 17.3. The van der Waals surface area contributed by atoms with Crippen molar-refractivity contribution in [3.05, 3.63) is 47.5 Å². The van der Waals surface area contributed by atoms with Crippen LogP contribution in [0.25, 0.3) is 22.0 Å². The fraction of sp³-hybridized carbons (Fsp3) is 0.391. The average molecular weight is 408 g/mol. The van der Waals surface area contributed by atoms with Crippen LogP contribution in [0.1, 0.15) is 49.2 Å². The number of amides is 1. The van der Waals surface area contributed by atoms with Crippen molar-refractivity contribution in [2.24, 2.45) is 5.92 Å². The van der Waals surface area contributed by atoms with Crippen molar-refractivity contribution in [2.45, 2.75) is 52.3 Å². The van der Waals surface area contributed by atoms with Gasteiger partial charge in [-0.05, 0) is 44.4 Å². The molecule has 4 rings (SSSR count). The van der Waals surface area contributed by atoms with E-state index in [0.717, 1.165) is 34.2 Å². The van der Waals surface area contributed by atoms with E-state index in [0.29, 0.717) is 23.4 Å². The lowest BCUT2D eigenvalue weighted by atomic mass is 9.98. The van der Waals surface area contributed by atoms with Gasteiger partial charge in [0.25, 0.3) is 0 Å². The van der Waals surface area contributed by atoms with Crippen molar-refractivity contribution >= 4 is 22.6 Å². The molecule has 3 heterocycles. The molecule has 1 aliphatic carbocycles. The maximum Gasteiger partial charge on any atom is 0.231 e. The number of halogens is 1. The lowest BCUT2D eigenvalue weighted by Crippen LogP contribution is -2.15. The number of fused-ring (bicyclic) bond motifs is 1. The molecule has 30 heavy (non-hydrogen) atoms. The molecular formula is C23H25FN4O2. The van der Waals surface area contributed by atoms with E-state index in [-0.39, 0.29) is 12.3 Å². The van der Waals surface area contributed by atoms with Gasteiger partial charge in [0.2, 0.25) is 5.91 Å². The molecule has 6 nitrogen and oxygen atoms in total. The SMILES string of the molecule is CCC[C@H](O)c1cc(C)c(-c2cc3cnc(NC(=O)[C@@H]4C[C@@H]4F)cc3nc2C)cn1. The number of anilines is 1. The van der Waals surface area contributed by atoms with Crippen LogP contribution in [0.5, 0.6) is 0 Å². The summed E-state index contributed by atoms with van der Waals surface area (Å²) in [5, 5.41) is 13.7. The largest absolute Gasteiger partial charge is 0.387 e. The number of alkyl halides is 1. The van der Waals surface area contributed by atoms with Gasteiger partial charge < -0.3 is 10.4 Å². The van der Waals surface area contributed by atoms with Crippen LogP contribution < -0.4 is 5.32 Å². The zero-order chi connectivity index (χ0) is 21.4. The van der Waals surface area contributed by atoms with Crippen LogP contribution in [0.15, 0.2) is 30.6 Å². The van der Waals surface area contributed by atoms with Crippen LogP contribution in [-0.4, -0.2) is 32.1 Å². The van der Waals surface area contributed by atoms with Crippen molar-refractivity contribution in [3.63, 3.8) is 0 Å². The van der Waals surface area contributed by atoms with Crippen LogP contribution in [0, 0.1) is 19.8 Å². The standard InChI is InChI=1S/C23H25FN4O2/c1-4-5-21(29)20-6-12(2)17(11-25-20)15-7-14-10-26-22(9-19(14)27-13(15)3)28-23(30)16-8-18(16)24/h6-7,9-11,16,18,21,29H,4-5,8H2,1-3H3,(H,26,28,30)/t16-,18+,21+/m1/s1. The quantitative estimate of drug-likeness (QED) is 0.630. The molecule has 1 amide bonds. The highest BCUT2D eigenvalue weighted by Gasteiger charge is 2.43. The lowest BCUT2D eigenvalue weighted by molar-refractivity contribution is -0.117. The van der Waals surface area contributed by atoms with Crippen LogP contribution >= 0.6 is 0 Å². The summed E-state index contributed by atoms with van der Waals surface area (Å²) < 4.78 is 13.1. The Balaban J connectivity index is 1.63. The Bertz CT molecular complexity index is 1120. The molecule has 0 aliphatic heterocycles. The number of rotatable bonds is 6. The Hall–Kier alpha value is -2.93. The number of aliphatic hydroxyl groups is 1. The molecule has 1 fully saturated rings. The summed E-state index contributed by atoms with van der Waals surface area (Å²) >= 11 is 0. The topological polar surface area (TPSA) is 88.0 Å². The van der Waals surface area contributed by atoms with E-state index in [1.165, 1.54) is 0 Å². The molecule has 7 heteroatoms. The van der Waals surface area contributed by atoms with E-state index in [1.54, 1.807) is 18.5 Å². The van der Waals surface area contributed by atoms with Gasteiger partial charge in [0.1, 0.15) is 12.0 Å². The van der Waals surface area contributed by atoms with Crippen molar-refractivity contribution in [2.75, 3.05) is 5.32 Å². The third kappa shape index (κ3) is 4.03. The minimum absolute atomic E-state index is 0.280. The van der Waals surface area contributed by atoms with Gasteiger partial charge in [-0.1, -0.05) is 13.3 Å². The molecule has 0 saturated heterocycles. The molecule has 2 N–H and O–H groups in total. The highest BCUT2D eigenvalue weighted by atomic mass is 19.1. The highest BCUT2D eigenvalue weighted by molar-refractivity contribution is 5.95. The first-order chi connectivity index (χ1) is 14.4. The summed E-state index contributed by atoms with van der Waals surface area (Å²) in [6.45, 7) is 5.95. The molecule has 1 aliphatic rings. The Kier molecular flexibility index (Phi) is 5.47. The number of hydrogen-bond donors (Lipinski definition) is 2. The number of carbonyl (C=O) groups is 1. The molecule has 3 aromatic heterocycles. The Labute approximate surface area is 174 Å². The number of aromatic nitrogens is 3. The van der Waals surface area contributed by atoms with E-state index >= 15 is 0 Å². The van der Waals surface area contributed by atoms with Crippen LogP contribution in [-0.2, 0) is 4.79 Å². The van der Waals surface area contributed by atoms with Gasteiger partial charge >= 0.3 is 0 Å². The molecular weight excluding hydrogens is 383 g/mol. The first-order valence-electron chi connectivity index (χ1n) is 10.2. The van der Waals surface area contributed by atoms with Gasteiger partial charge in [-0.3, -0.25) is 14.8 Å². The molecule has 3 aromatic rings. The number of nitrogens with one attached hydrogen (secondary N) is 1. The highest BCUT2D eigenvalue weighted by Crippen LogP contribution is 2.35. The Morgan fingerprint density at radius 1 is 1.23 bits per heavy atom. The molecule has 0 radical (unpaired) electrons. The number of pyridine rings is 3. The lowest BCUT2D eigenvalue weighted by Gasteiger charge is -2.14. The van der Waals surface area contributed by atoms with Crippen molar-refractivity contribution in [1.82, 2.24) is 15.0 Å². The number of aryl methyl sites for hydroxylation is 2. The van der Waals surface area contributed by atoms with E-state index in [9.17, 15) is 14.3 Å². The summed E-state index contributed by atoms with van der Waals surface area (Å²) in [5.74, 6) is -0.526. The summed E-state index contributed by atoms with van der Waals surface area (Å²) in [7, 11) is 0. The van der Waals surface area contributed by atoms with Gasteiger partial charge in [-0.2, -0.15) is 0 Å². The second-order valence-electron chi connectivity index (χ2n) is 7.96. The van der Waals surface area contributed by atoms with E-state index < -0.39 is 18.2 Å². The average Bonchev–Trinajstić information content (AvgIpc) is 3.44. The minimum atomic E-state index is -1.04. The van der Waals surface area contributed by atoms with Crippen LogP contribution in [0.3, 0.4) is 0 Å². The third-order valence-electron chi connectivity index (χ3n) is 5.52. The van der Waals surface area contributed by atoms with Crippen molar-refractivity contribution in [3.8, 4) is 11.1 Å². The van der Waals surface area contributed by atoms with Crippen LogP contribution in [0.4, 0.5) is 10.2 Å². The molecule has 3 atom stereocenters. The molecule has 156 valence electrons. The van der Waals surface area contributed by atoms with Crippen molar-refractivity contribution in [1.29, 1.82) is 0 Å². The summed E-state index contributed by atoms with van der Waals surface area (Å²) in [5.41, 5.74) is 5.12. The second-order valence-corrected chi connectivity index (χ2v) is 7.96. The molecule has 0 aromatic carbocycles. The number of aliphatic hydroxyl groups excluding tert-OH is 1. The fourth-order valence-electron chi connectivity index (χ4n) is 3.62. The normalized spacial score (nSPS) is 19.0. The molecule has 0 bridgehead atoms. The van der Waals surface area contributed by atoms with Gasteiger partial charge in [0, 0.05) is 40.7 Å². The second kappa shape index (κ2) is 8.07. The third-order valence-corrected chi connectivity index (χ3v) is 5.52. The smallest absolute Gasteiger partial charge is 0.231 e.